The van der Waals surface area contributed by atoms with E-state index >= 15 is 0 Å². The second-order valence-electron chi connectivity index (χ2n) is 5.78. The van der Waals surface area contributed by atoms with Crippen LogP contribution in [0.5, 0.6) is 0 Å². The molecule has 3 heteroatoms. The van der Waals surface area contributed by atoms with E-state index in [9.17, 15) is 9.90 Å². The summed E-state index contributed by atoms with van der Waals surface area (Å²) in [5, 5.41) is 12.6. The van der Waals surface area contributed by atoms with Gasteiger partial charge in [0.05, 0.1) is 6.10 Å². The van der Waals surface area contributed by atoms with Gasteiger partial charge in [-0.25, -0.2) is 0 Å². The second kappa shape index (κ2) is 4.52. The second-order valence-corrected chi connectivity index (χ2v) is 5.78. The fourth-order valence-corrected chi connectivity index (χ4v) is 1.91. The van der Waals surface area contributed by atoms with Crippen LogP contribution in [0.4, 0.5) is 0 Å². The lowest BCUT2D eigenvalue weighted by atomic mass is 9.84. The molecule has 0 aromatic heterocycles. The van der Waals surface area contributed by atoms with Gasteiger partial charge in [0.1, 0.15) is 0 Å². The summed E-state index contributed by atoms with van der Waals surface area (Å²) in [6.07, 6.45) is 2.40. The monoisotopic (exact) mass is 213 g/mol. The zero-order valence-corrected chi connectivity index (χ0v) is 10.2. The molecule has 0 aliphatic heterocycles. The SMILES string of the molecule is C[C@@H]1CC(NC(=O)C(C)(C)C)CC[C@H]1O. The van der Waals surface area contributed by atoms with Gasteiger partial charge in [-0.3, -0.25) is 4.79 Å². The van der Waals surface area contributed by atoms with Crippen LogP contribution in [0.1, 0.15) is 47.0 Å². The molecule has 0 bridgehead atoms. The summed E-state index contributed by atoms with van der Waals surface area (Å²) < 4.78 is 0. The van der Waals surface area contributed by atoms with Crippen LogP contribution < -0.4 is 5.32 Å². The molecule has 3 nitrogen and oxygen atoms in total. The summed E-state index contributed by atoms with van der Waals surface area (Å²) in [5.41, 5.74) is -0.320. The smallest absolute Gasteiger partial charge is 0.225 e. The number of rotatable bonds is 1. The third-order valence-electron chi connectivity index (χ3n) is 3.14. The Hall–Kier alpha value is -0.570. The van der Waals surface area contributed by atoms with Crippen molar-refractivity contribution in [2.45, 2.75) is 59.1 Å². The molecule has 15 heavy (non-hydrogen) atoms. The fourth-order valence-electron chi connectivity index (χ4n) is 1.91. The van der Waals surface area contributed by atoms with Gasteiger partial charge in [0.15, 0.2) is 0 Å². The molecule has 2 N–H and O–H groups in total. The molecular formula is C12H23NO2. The zero-order chi connectivity index (χ0) is 11.6. The van der Waals surface area contributed by atoms with Crippen molar-refractivity contribution < 1.29 is 9.90 Å². The topological polar surface area (TPSA) is 49.3 Å². The van der Waals surface area contributed by atoms with E-state index in [0.717, 1.165) is 19.3 Å². The molecular weight excluding hydrogens is 190 g/mol. The van der Waals surface area contributed by atoms with Gasteiger partial charge in [0.25, 0.3) is 0 Å². The van der Waals surface area contributed by atoms with E-state index in [0.29, 0.717) is 5.92 Å². The quantitative estimate of drug-likeness (QED) is 0.696. The molecule has 1 saturated carbocycles. The zero-order valence-electron chi connectivity index (χ0n) is 10.2. The van der Waals surface area contributed by atoms with Crippen LogP contribution in [0.2, 0.25) is 0 Å². The Bertz CT molecular complexity index is 232. The summed E-state index contributed by atoms with van der Waals surface area (Å²) in [6, 6.07) is 0.245. The molecule has 0 radical (unpaired) electrons. The predicted octanol–water partition coefficient (Wildman–Crippen LogP) is 1.70. The fraction of sp³-hybridized carbons (Fsp3) is 0.917. The molecule has 1 amide bonds. The predicted molar refractivity (Wildman–Crippen MR) is 60.4 cm³/mol. The summed E-state index contributed by atoms with van der Waals surface area (Å²) in [4.78, 5) is 11.7. The van der Waals surface area contributed by atoms with E-state index in [2.05, 4.69) is 5.32 Å². The number of carbonyl (C=O) groups excluding carboxylic acids is 1. The van der Waals surface area contributed by atoms with Crippen LogP contribution in [0.25, 0.3) is 0 Å². The number of hydrogen-bond acceptors (Lipinski definition) is 2. The summed E-state index contributed by atoms with van der Waals surface area (Å²) in [7, 11) is 0. The van der Waals surface area contributed by atoms with Crippen LogP contribution in [0, 0.1) is 11.3 Å². The highest BCUT2D eigenvalue weighted by Gasteiger charge is 2.29. The summed E-state index contributed by atoms with van der Waals surface area (Å²) in [5.74, 6) is 0.403. The minimum absolute atomic E-state index is 0.107. The Labute approximate surface area is 92.3 Å². The molecule has 1 unspecified atom stereocenters. The summed E-state index contributed by atoms with van der Waals surface area (Å²) >= 11 is 0. The molecule has 0 saturated heterocycles. The largest absolute Gasteiger partial charge is 0.393 e. The first-order valence-corrected chi connectivity index (χ1v) is 5.79. The van der Waals surface area contributed by atoms with Crippen LogP contribution in [-0.4, -0.2) is 23.2 Å². The minimum atomic E-state index is -0.320. The summed E-state index contributed by atoms with van der Waals surface area (Å²) in [6.45, 7) is 7.80. The Morgan fingerprint density at radius 3 is 2.40 bits per heavy atom. The molecule has 0 aromatic carbocycles. The van der Waals surface area contributed by atoms with Crippen LogP contribution in [0.15, 0.2) is 0 Å². The number of amides is 1. The van der Waals surface area contributed by atoms with Gasteiger partial charge < -0.3 is 10.4 Å². The number of nitrogens with one attached hydrogen (secondary N) is 1. The van der Waals surface area contributed by atoms with Crippen molar-refractivity contribution in [2.24, 2.45) is 11.3 Å². The number of aliphatic hydroxyl groups is 1. The van der Waals surface area contributed by atoms with Crippen molar-refractivity contribution >= 4 is 5.91 Å². The minimum Gasteiger partial charge on any atom is -0.393 e. The van der Waals surface area contributed by atoms with Gasteiger partial charge in [-0.1, -0.05) is 27.7 Å². The Morgan fingerprint density at radius 2 is 1.93 bits per heavy atom. The van der Waals surface area contributed by atoms with Crippen LogP contribution in [0.3, 0.4) is 0 Å². The molecule has 1 fully saturated rings. The average Bonchev–Trinajstić information content (AvgIpc) is 2.10. The molecule has 1 aliphatic carbocycles. The number of aliphatic hydroxyl groups excluding tert-OH is 1. The number of hydrogen-bond donors (Lipinski definition) is 2. The highest BCUT2D eigenvalue weighted by Crippen LogP contribution is 2.25. The average molecular weight is 213 g/mol. The van der Waals surface area contributed by atoms with E-state index in [4.69, 9.17) is 0 Å². The van der Waals surface area contributed by atoms with Crippen LogP contribution in [-0.2, 0) is 4.79 Å². The molecule has 1 aliphatic rings. The lowest BCUT2D eigenvalue weighted by Gasteiger charge is -2.33. The lowest BCUT2D eigenvalue weighted by Crippen LogP contribution is -2.45. The third kappa shape index (κ3) is 3.49. The number of carbonyl (C=O) groups is 1. The van der Waals surface area contributed by atoms with Crippen molar-refractivity contribution in [2.75, 3.05) is 0 Å². The van der Waals surface area contributed by atoms with E-state index < -0.39 is 0 Å². The van der Waals surface area contributed by atoms with Gasteiger partial charge >= 0.3 is 0 Å². The van der Waals surface area contributed by atoms with Crippen molar-refractivity contribution in [3.63, 3.8) is 0 Å². The van der Waals surface area contributed by atoms with E-state index in [1.54, 1.807) is 0 Å². The Morgan fingerprint density at radius 1 is 1.33 bits per heavy atom. The molecule has 0 heterocycles. The van der Waals surface area contributed by atoms with Crippen LogP contribution >= 0.6 is 0 Å². The maximum absolute atomic E-state index is 11.7. The first kappa shape index (κ1) is 12.5. The molecule has 88 valence electrons. The van der Waals surface area contributed by atoms with Crippen molar-refractivity contribution in [1.29, 1.82) is 0 Å². The Balaban J connectivity index is 2.44. The first-order chi connectivity index (χ1) is 6.80. The maximum Gasteiger partial charge on any atom is 0.225 e. The van der Waals surface area contributed by atoms with Gasteiger partial charge in [-0.05, 0) is 25.2 Å². The maximum atomic E-state index is 11.7. The van der Waals surface area contributed by atoms with E-state index in [1.807, 2.05) is 27.7 Å². The van der Waals surface area contributed by atoms with E-state index in [-0.39, 0.29) is 23.5 Å². The van der Waals surface area contributed by atoms with Crippen molar-refractivity contribution in [1.82, 2.24) is 5.32 Å². The standard InChI is InChI=1S/C12H23NO2/c1-8-7-9(5-6-10(8)14)13-11(15)12(2,3)4/h8-10,14H,5-7H2,1-4H3,(H,13,15)/t8-,9?,10-/m1/s1. The molecule has 3 atom stereocenters. The van der Waals surface area contributed by atoms with Crippen molar-refractivity contribution in [3.05, 3.63) is 0 Å². The van der Waals surface area contributed by atoms with E-state index in [1.165, 1.54) is 0 Å². The molecule has 0 aromatic rings. The van der Waals surface area contributed by atoms with Crippen molar-refractivity contribution in [3.8, 4) is 0 Å². The van der Waals surface area contributed by atoms with Gasteiger partial charge in [0, 0.05) is 11.5 Å². The third-order valence-corrected chi connectivity index (χ3v) is 3.14. The first-order valence-electron chi connectivity index (χ1n) is 5.79. The molecule has 0 spiro atoms. The highest BCUT2D eigenvalue weighted by molar-refractivity contribution is 5.81. The molecule has 1 rings (SSSR count). The lowest BCUT2D eigenvalue weighted by molar-refractivity contribution is -0.129. The Kier molecular flexibility index (Phi) is 3.77. The normalized spacial score (nSPS) is 32.5. The van der Waals surface area contributed by atoms with Gasteiger partial charge in [-0.2, -0.15) is 0 Å². The van der Waals surface area contributed by atoms with Gasteiger partial charge in [-0.15, -0.1) is 0 Å². The highest BCUT2D eigenvalue weighted by atomic mass is 16.3. The van der Waals surface area contributed by atoms with Gasteiger partial charge in [0.2, 0.25) is 5.91 Å².